The van der Waals surface area contributed by atoms with Gasteiger partial charge in [0.2, 0.25) is 0 Å². The van der Waals surface area contributed by atoms with E-state index < -0.39 is 0 Å². The quantitative estimate of drug-likeness (QED) is 0.871. The summed E-state index contributed by atoms with van der Waals surface area (Å²) in [5.41, 5.74) is 0. The molecule has 0 bridgehead atoms. The van der Waals surface area contributed by atoms with Gasteiger partial charge in [-0.3, -0.25) is 0 Å². The molecule has 1 aromatic rings. The zero-order valence-corrected chi connectivity index (χ0v) is 13.6. The zero-order chi connectivity index (χ0) is 15.9. The first-order valence-corrected chi connectivity index (χ1v) is 8.18. The summed E-state index contributed by atoms with van der Waals surface area (Å²) in [6, 6.07) is 0.258. The van der Waals surface area contributed by atoms with Crippen molar-refractivity contribution < 1.29 is 9.90 Å². The lowest BCUT2D eigenvalue weighted by atomic mass is 9.77. The standard InChI is InChI=1S/C16H26N4O2/c1-10(2)18-16(22)19-8-12-6-14(15(21)7-13(12)9-19)20-5-4-17-11(20)3/h4-5,10,12-15,21H,6-9H2,1-3H3,(H,18,22)/t12-,13+,14-,15-/m0/s1. The predicted molar refractivity (Wildman–Crippen MR) is 83.5 cm³/mol. The van der Waals surface area contributed by atoms with E-state index in [2.05, 4.69) is 14.9 Å². The summed E-state index contributed by atoms with van der Waals surface area (Å²) < 4.78 is 2.08. The summed E-state index contributed by atoms with van der Waals surface area (Å²) in [6.45, 7) is 7.47. The van der Waals surface area contributed by atoms with Gasteiger partial charge in [0.1, 0.15) is 5.82 Å². The lowest BCUT2D eigenvalue weighted by molar-refractivity contribution is 0.0349. The van der Waals surface area contributed by atoms with E-state index in [0.29, 0.717) is 11.8 Å². The number of aromatic nitrogens is 2. The molecule has 6 heteroatoms. The number of hydrogen-bond acceptors (Lipinski definition) is 3. The van der Waals surface area contributed by atoms with Gasteiger partial charge < -0.3 is 19.9 Å². The summed E-state index contributed by atoms with van der Waals surface area (Å²) in [7, 11) is 0. The third-order valence-electron chi connectivity index (χ3n) is 5.03. The Morgan fingerprint density at radius 3 is 2.64 bits per heavy atom. The molecule has 0 aromatic carbocycles. The highest BCUT2D eigenvalue weighted by Gasteiger charge is 2.43. The topological polar surface area (TPSA) is 70.4 Å². The second-order valence-electron chi connectivity index (χ2n) is 7.02. The lowest BCUT2D eigenvalue weighted by Crippen LogP contribution is -2.41. The minimum atomic E-state index is -0.359. The molecule has 1 saturated heterocycles. The maximum atomic E-state index is 12.2. The van der Waals surface area contributed by atoms with Crippen LogP contribution in [-0.4, -0.2) is 50.8 Å². The number of aryl methyl sites for hydroxylation is 1. The molecule has 122 valence electrons. The van der Waals surface area contributed by atoms with Crippen LogP contribution in [0.5, 0.6) is 0 Å². The maximum absolute atomic E-state index is 12.2. The van der Waals surface area contributed by atoms with Crippen LogP contribution in [0, 0.1) is 18.8 Å². The van der Waals surface area contributed by atoms with Crippen LogP contribution in [0.1, 0.15) is 38.6 Å². The molecule has 0 unspecified atom stereocenters. The van der Waals surface area contributed by atoms with E-state index in [1.807, 2.05) is 31.9 Å². The van der Waals surface area contributed by atoms with Gasteiger partial charge in [0.25, 0.3) is 0 Å². The number of rotatable bonds is 2. The second-order valence-corrected chi connectivity index (χ2v) is 7.02. The van der Waals surface area contributed by atoms with E-state index in [1.165, 1.54) is 0 Å². The Morgan fingerprint density at radius 2 is 2.05 bits per heavy atom. The minimum Gasteiger partial charge on any atom is -0.391 e. The van der Waals surface area contributed by atoms with Crippen LogP contribution in [0.4, 0.5) is 4.79 Å². The van der Waals surface area contributed by atoms with Crippen molar-refractivity contribution in [1.82, 2.24) is 19.8 Å². The fourth-order valence-corrected chi connectivity index (χ4v) is 3.95. The molecule has 2 aliphatic rings. The number of aliphatic hydroxyl groups is 1. The van der Waals surface area contributed by atoms with E-state index in [4.69, 9.17) is 0 Å². The van der Waals surface area contributed by atoms with Crippen molar-refractivity contribution in [3.63, 3.8) is 0 Å². The largest absolute Gasteiger partial charge is 0.391 e. The van der Waals surface area contributed by atoms with Crippen LogP contribution in [0.15, 0.2) is 12.4 Å². The van der Waals surface area contributed by atoms with Gasteiger partial charge in [0.05, 0.1) is 12.1 Å². The predicted octanol–water partition coefficient (Wildman–Crippen LogP) is 1.55. The molecule has 3 rings (SSSR count). The number of carbonyl (C=O) groups excluding carboxylic acids is 1. The zero-order valence-electron chi connectivity index (χ0n) is 13.6. The molecule has 1 aliphatic heterocycles. The molecule has 2 amide bonds. The van der Waals surface area contributed by atoms with Crippen molar-refractivity contribution in [2.75, 3.05) is 13.1 Å². The molecule has 4 atom stereocenters. The number of hydrogen-bond donors (Lipinski definition) is 2. The van der Waals surface area contributed by atoms with Crippen molar-refractivity contribution in [2.24, 2.45) is 11.8 Å². The first kappa shape index (κ1) is 15.3. The number of likely N-dealkylation sites (tertiary alicyclic amines) is 1. The molecule has 2 heterocycles. The third kappa shape index (κ3) is 2.84. The average Bonchev–Trinajstić information content (AvgIpc) is 3.02. The van der Waals surface area contributed by atoms with Gasteiger partial charge in [-0.2, -0.15) is 0 Å². The van der Waals surface area contributed by atoms with E-state index in [-0.39, 0.29) is 24.2 Å². The number of fused-ring (bicyclic) bond motifs is 1. The summed E-state index contributed by atoms with van der Waals surface area (Å²) in [5.74, 6) is 1.82. The number of nitrogens with zero attached hydrogens (tertiary/aromatic N) is 3. The van der Waals surface area contributed by atoms with E-state index in [1.54, 1.807) is 6.20 Å². The number of amides is 2. The molecule has 1 aromatic heterocycles. The fourth-order valence-electron chi connectivity index (χ4n) is 3.95. The SMILES string of the molecule is Cc1nccn1[C@H]1C[C@H]2CN(C(=O)NC(C)C)C[C@H]2C[C@@H]1O. The third-order valence-corrected chi connectivity index (χ3v) is 5.03. The smallest absolute Gasteiger partial charge is 0.317 e. The van der Waals surface area contributed by atoms with Crippen molar-refractivity contribution in [1.29, 1.82) is 0 Å². The van der Waals surface area contributed by atoms with Gasteiger partial charge in [0, 0.05) is 31.5 Å². The van der Waals surface area contributed by atoms with E-state index >= 15 is 0 Å². The number of nitrogens with one attached hydrogen (secondary N) is 1. The van der Waals surface area contributed by atoms with Crippen molar-refractivity contribution in [2.45, 2.75) is 51.8 Å². The molecule has 0 radical (unpaired) electrons. The van der Waals surface area contributed by atoms with Crippen molar-refractivity contribution >= 4 is 6.03 Å². The highest BCUT2D eigenvalue weighted by atomic mass is 16.3. The first-order valence-electron chi connectivity index (χ1n) is 8.18. The molecule has 1 aliphatic carbocycles. The Balaban J connectivity index is 1.68. The molecule has 0 spiro atoms. The Hall–Kier alpha value is -1.56. The molecular formula is C16H26N4O2. The number of urea groups is 1. The molecule has 2 N–H and O–H groups in total. The first-order chi connectivity index (χ1) is 10.5. The van der Waals surface area contributed by atoms with Gasteiger partial charge in [-0.25, -0.2) is 9.78 Å². The molecule has 2 fully saturated rings. The maximum Gasteiger partial charge on any atom is 0.317 e. The van der Waals surface area contributed by atoms with Gasteiger partial charge in [-0.05, 0) is 45.4 Å². The van der Waals surface area contributed by atoms with Crippen molar-refractivity contribution in [3.8, 4) is 0 Å². The van der Waals surface area contributed by atoms with Gasteiger partial charge >= 0.3 is 6.03 Å². The summed E-state index contributed by atoms with van der Waals surface area (Å²) >= 11 is 0. The Morgan fingerprint density at radius 1 is 1.36 bits per heavy atom. The molecule has 22 heavy (non-hydrogen) atoms. The lowest BCUT2D eigenvalue weighted by Gasteiger charge is -2.36. The molecular weight excluding hydrogens is 280 g/mol. The Bertz CT molecular complexity index is 542. The summed E-state index contributed by atoms with van der Waals surface area (Å²) in [4.78, 5) is 18.4. The van der Waals surface area contributed by atoms with E-state index in [0.717, 1.165) is 31.8 Å². The van der Waals surface area contributed by atoms with Crippen LogP contribution in [0.3, 0.4) is 0 Å². The minimum absolute atomic E-state index is 0.0225. The summed E-state index contributed by atoms with van der Waals surface area (Å²) in [5, 5.41) is 13.5. The Kier molecular flexibility index (Phi) is 4.12. The van der Waals surface area contributed by atoms with Gasteiger partial charge in [-0.1, -0.05) is 0 Å². The highest BCUT2D eigenvalue weighted by molar-refractivity contribution is 5.74. The van der Waals surface area contributed by atoms with Crippen LogP contribution >= 0.6 is 0 Å². The van der Waals surface area contributed by atoms with Gasteiger partial charge in [0.15, 0.2) is 0 Å². The van der Waals surface area contributed by atoms with E-state index in [9.17, 15) is 9.90 Å². The van der Waals surface area contributed by atoms with Crippen molar-refractivity contribution in [3.05, 3.63) is 18.2 Å². The number of carbonyl (C=O) groups is 1. The number of imidazole rings is 1. The fraction of sp³-hybridized carbons (Fsp3) is 0.750. The normalized spacial score (nSPS) is 31.4. The van der Waals surface area contributed by atoms with Gasteiger partial charge in [-0.15, -0.1) is 0 Å². The molecule has 6 nitrogen and oxygen atoms in total. The Labute approximate surface area is 131 Å². The summed E-state index contributed by atoms with van der Waals surface area (Å²) in [6.07, 6.45) is 5.04. The van der Waals surface area contributed by atoms with Crippen LogP contribution < -0.4 is 5.32 Å². The second kappa shape index (κ2) is 5.91. The number of aliphatic hydroxyl groups excluding tert-OH is 1. The average molecular weight is 306 g/mol. The molecule has 1 saturated carbocycles. The monoisotopic (exact) mass is 306 g/mol. The van der Waals surface area contributed by atoms with Crippen LogP contribution in [0.2, 0.25) is 0 Å². The van der Waals surface area contributed by atoms with Crippen LogP contribution in [-0.2, 0) is 0 Å². The highest BCUT2D eigenvalue weighted by Crippen LogP contribution is 2.41. The van der Waals surface area contributed by atoms with Crippen LogP contribution in [0.25, 0.3) is 0 Å².